The van der Waals surface area contributed by atoms with Crippen LogP contribution in [0.3, 0.4) is 0 Å². The summed E-state index contributed by atoms with van der Waals surface area (Å²) in [6.45, 7) is 8.59. The van der Waals surface area contributed by atoms with Gasteiger partial charge in [-0.2, -0.15) is 0 Å². The first-order chi connectivity index (χ1) is 8.76. The number of unbranched alkanes of at least 4 members (excludes halogenated alkanes) is 5. The van der Waals surface area contributed by atoms with E-state index in [4.69, 9.17) is 4.74 Å². The molecule has 18 heavy (non-hydrogen) atoms. The minimum atomic E-state index is -0.132. The molecule has 0 spiro atoms. The highest BCUT2D eigenvalue weighted by molar-refractivity contribution is 5.67. The van der Waals surface area contributed by atoms with E-state index in [-0.39, 0.29) is 6.09 Å². The topological polar surface area (TPSA) is 29.5 Å². The number of hydrogen-bond donors (Lipinski definition) is 0. The zero-order chi connectivity index (χ0) is 13.6. The Morgan fingerprint density at radius 3 is 1.94 bits per heavy atom. The first-order valence-electron chi connectivity index (χ1n) is 7.67. The van der Waals surface area contributed by atoms with Crippen LogP contribution < -0.4 is 0 Å². The van der Waals surface area contributed by atoms with Crippen LogP contribution in [0.1, 0.15) is 72.1 Å². The van der Waals surface area contributed by atoms with Crippen LogP contribution in [-0.4, -0.2) is 30.7 Å². The molecule has 0 aliphatic rings. The summed E-state index contributed by atoms with van der Waals surface area (Å²) < 4.78 is 5.30. The third kappa shape index (κ3) is 9.32. The molecular formula is C15H31NO2. The molecule has 0 N–H and O–H groups in total. The second-order valence-electron chi connectivity index (χ2n) is 4.87. The third-order valence-electron chi connectivity index (χ3n) is 2.97. The van der Waals surface area contributed by atoms with Crippen molar-refractivity contribution in [3.05, 3.63) is 0 Å². The standard InChI is InChI=1S/C15H31NO2/c1-4-7-8-9-10-11-14-18-15(17)16(12-5-2)13-6-3/h4-14H2,1-3H3. The lowest BCUT2D eigenvalue weighted by molar-refractivity contribution is 0.100. The summed E-state index contributed by atoms with van der Waals surface area (Å²) in [7, 11) is 0. The van der Waals surface area contributed by atoms with Gasteiger partial charge in [-0.25, -0.2) is 4.79 Å². The van der Waals surface area contributed by atoms with Crippen LogP contribution in [0.2, 0.25) is 0 Å². The molecule has 0 heterocycles. The van der Waals surface area contributed by atoms with Crippen LogP contribution in [-0.2, 0) is 4.74 Å². The molecule has 0 saturated carbocycles. The van der Waals surface area contributed by atoms with E-state index in [2.05, 4.69) is 20.8 Å². The molecule has 0 saturated heterocycles. The monoisotopic (exact) mass is 257 g/mol. The maximum absolute atomic E-state index is 11.8. The number of carbonyl (C=O) groups excluding carboxylic acids is 1. The Morgan fingerprint density at radius 1 is 0.833 bits per heavy atom. The molecule has 3 heteroatoms. The van der Waals surface area contributed by atoms with Crippen molar-refractivity contribution >= 4 is 6.09 Å². The average Bonchev–Trinajstić information content (AvgIpc) is 2.37. The molecule has 1 amide bonds. The zero-order valence-corrected chi connectivity index (χ0v) is 12.5. The Morgan fingerprint density at radius 2 is 1.39 bits per heavy atom. The van der Waals surface area contributed by atoms with Gasteiger partial charge in [0.05, 0.1) is 6.61 Å². The number of amides is 1. The summed E-state index contributed by atoms with van der Waals surface area (Å²) in [5.41, 5.74) is 0. The Balaban J connectivity index is 3.54. The van der Waals surface area contributed by atoms with Crippen molar-refractivity contribution in [1.29, 1.82) is 0 Å². The second kappa shape index (κ2) is 12.7. The fourth-order valence-electron chi connectivity index (χ4n) is 1.97. The molecule has 0 fully saturated rings. The lowest BCUT2D eigenvalue weighted by atomic mass is 10.1. The van der Waals surface area contributed by atoms with Gasteiger partial charge in [0, 0.05) is 13.1 Å². The van der Waals surface area contributed by atoms with Crippen molar-refractivity contribution < 1.29 is 9.53 Å². The van der Waals surface area contributed by atoms with Gasteiger partial charge in [-0.15, -0.1) is 0 Å². The molecule has 3 nitrogen and oxygen atoms in total. The van der Waals surface area contributed by atoms with E-state index in [1.807, 2.05) is 4.90 Å². The normalized spacial score (nSPS) is 10.4. The zero-order valence-electron chi connectivity index (χ0n) is 12.5. The number of hydrogen-bond acceptors (Lipinski definition) is 2. The molecule has 108 valence electrons. The highest BCUT2D eigenvalue weighted by Gasteiger charge is 2.12. The lowest BCUT2D eigenvalue weighted by Gasteiger charge is -2.20. The van der Waals surface area contributed by atoms with Gasteiger partial charge in [-0.1, -0.05) is 52.9 Å². The summed E-state index contributed by atoms with van der Waals surface area (Å²) in [5.74, 6) is 0. The van der Waals surface area contributed by atoms with E-state index in [0.29, 0.717) is 6.61 Å². The quantitative estimate of drug-likeness (QED) is 0.506. The summed E-state index contributed by atoms with van der Waals surface area (Å²) in [6.07, 6.45) is 9.20. The largest absolute Gasteiger partial charge is 0.449 e. The van der Waals surface area contributed by atoms with Crippen molar-refractivity contribution in [2.45, 2.75) is 72.1 Å². The Kier molecular flexibility index (Phi) is 12.2. The summed E-state index contributed by atoms with van der Waals surface area (Å²) in [5, 5.41) is 0. The first kappa shape index (κ1) is 17.3. The summed E-state index contributed by atoms with van der Waals surface area (Å²) in [6, 6.07) is 0. The van der Waals surface area contributed by atoms with Crippen LogP contribution >= 0.6 is 0 Å². The predicted molar refractivity (Wildman–Crippen MR) is 76.9 cm³/mol. The fraction of sp³-hybridized carbons (Fsp3) is 0.933. The fourth-order valence-corrected chi connectivity index (χ4v) is 1.97. The van der Waals surface area contributed by atoms with Crippen LogP contribution in [0.5, 0.6) is 0 Å². The SMILES string of the molecule is CCCCCCCCOC(=O)N(CCC)CCC. The van der Waals surface area contributed by atoms with Gasteiger partial charge in [0.1, 0.15) is 0 Å². The van der Waals surface area contributed by atoms with E-state index in [1.54, 1.807) is 0 Å². The maximum atomic E-state index is 11.8. The van der Waals surface area contributed by atoms with Crippen molar-refractivity contribution in [1.82, 2.24) is 4.90 Å². The van der Waals surface area contributed by atoms with E-state index < -0.39 is 0 Å². The summed E-state index contributed by atoms with van der Waals surface area (Å²) >= 11 is 0. The van der Waals surface area contributed by atoms with E-state index in [0.717, 1.165) is 32.4 Å². The maximum Gasteiger partial charge on any atom is 0.409 e. The van der Waals surface area contributed by atoms with Gasteiger partial charge in [0.25, 0.3) is 0 Å². The Labute approximate surface area is 113 Å². The van der Waals surface area contributed by atoms with Crippen molar-refractivity contribution in [2.24, 2.45) is 0 Å². The Bertz CT molecular complexity index is 189. The minimum absolute atomic E-state index is 0.132. The van der Waals surface area contributed by atoms with Gasteiger partial charge in [-0.3, -0.25) is 0 Å². The van der Waals surface area contributed by atoms with Crippen LogP contribution in [0.15, 0.2) is 0 Å². The molecule has 0 aromatic carbocycles. The predicted octanol–water partition coefficient (Wildman–Crippen LogP) is 4.61. The molecular weight excluding hydrogens is 226 g/mol. The molecule has 0 rings (SSSR count). The van der Waals surface area contributed by atoms with Crippen molar-refractivity contribution in [3.63, 3.8) is 0 Å². The molecule has 0 bridgehead atoms. The smallest absolute Gasteiger partial charge is 0.409 e. The molecule has 0 aromatic heterocycles. The van der Waals surface area contributed by atoms with Gasteiger partial charge < -0.3 is 9.64 Å². The van der Waals surface area contributed by atoms with Crippen LogP contribution in [0.25, 0.3) is 0 Å². The molecule has 0 aliphatic carbocycles. The van der Waals surface area contributed by atoms with Gasteiger partial charge in [0.2, 0.25) is 0 Å². The first-order valence-corrected chi connectivity index (χ1v) is 7.67. The Hall–Kier alpha value is -0.730. The van der Waals surface area contributed by atoms with E-state index in [9.17, 15) is 4.79 Å². The van der Waals surface area contributed by atoms with Gasteiger partial charge in [0.15, 0.2) is 0 Å². The number of ether oxygens (including phenoxy) is 1. The number of nitrogens with zero attached hydrogens (tertiary/aromatic N) is 1. The molecule has 0 aliphatic heterocycles. The van der Waals surface area contributed by atoms with Crippen molar-refractivity contribution in [3.8, 4) is 0 Å². The van der Waals surface area contributed by atoms with Crippen LogP contribution in [0, 0.1) is 0 Å². The van der Waals surface area contributed by atoms with Gasteiger partial charge in [-0.05, 0) is 19.3 Å². The van der Waals surface area contributed by atoms with Crippen LogP contribution in [0.4, 0.5) is 4.79 Å². The highest BCUT2D eigenvalue weighted by Crippen LogP contribution is 2.06. The molecule has 0 aromatic rings. The second-order valence-corrected chi connectivity index (χ2v) is 4.87. The average molecular weight is 257 g/mol. The number of carbonyl (C=O) groups is 1. The minimum Gasteiger partial charge on any atom is -0.449 e. The molecule has 0 radical (unpaired) electrons. The molecule has 0 unspecified atom stereocenters. The van der Waals surface area contributed by atoms with Crippen molar-refractivity contribution in [2.75, 3.05) is 19.7 Å². The molecule has 0 atom stereocenters. The van der Waals surface area contributed by atoms with Gasteiger partial charge >= 0.3 is 6.09 Å². The summed E-state index contributed by atoms with van der Waals surface area (Å²) in [4.78, 5) is 13.6. The lowest BCUT2D eigenvalue weighted by Crippen LogP contribution is -2.33. The number of rotatable bonds is 11. The third-order valence-corrected chi connectivity index (χ3v) is 2.97. The highest BCUT2D eigenvalue weighted by atomic mass is 16.6. The van der Waals surface area contributed by atoms with E-state index >= 15 is 0 Å². The van der Waals surface area contributed by atoms with E-state index in [1.165, 1.54) is 32.1 Å².